The van der Waals surface area contributed by atoms with Gasteiger partial charge in [-0.3, -0.25) is 0 Å². The normalized spacial score (nSPS) is 15.0. The van der Waals surface area contributed by atoms with Gasteiger partial charge in [0.1, 0.15) is 5.75 Å². The van der Waals surface area contributed by atoms with Gasteiger partial charge in [-0.25, -0.2) is 13.4 Å². The average molecular weight is 410 g/mol. The summed E-state index contributed by atoms with van der Waals surface area (Å²) in [5, 5.41) is 10.4. The molecule has 0 spiro atoms. The molecule has 1 unspecified atom stereocenters. The van der Waals surface area contributed by atoms with Gasteiger partial charge in [-0.2, -0.15) is 13.2 Å². The Morgan fingerprint density at radius 2 is 1.89 bits per heavy atom. The fourth-order valence-corrected chi connectivity index (χ4v) is 3.44. The molecule has 1 rings (SSSR count). The molecule has 154 valence electrons. The summed E-state index contributed by atoms with van der Waals surface area (Å²) >= 11 is 0. The maximum atomic E-state index is 13.7. The standard InChI is InChI=1S/C17H25F3N2O4S/c1-6-22(4)11-21-14-9-15(26-5)13(8-12(14)3)16(23,17(18,19)20)10-27(24,25)7-2/h8-9,11,23H,6-7,10H2,1-5H3. The maximum absolute atomic E-state index is 13.7. The minimum absolute atomic E-state index is 0.293. The van der Waals surface area contributed by atoms with E-state index in [0.29, 0.717) is 17.8 Å². The number of aliphatic hydroxyl groups is 1. The summed E-state index contributed by atoms with van der Waals surface area (Å²) in [5.41, 5.74) is -3.57. The molecule has 10 heteroatoms. The van der Waals surface area contributed by atoms with Crippen molar-refractivity contribution in [1.82, 2.24) is 4.90 Å². The molecule has 1 atom stereocenters. The van der Waals surface area contributed by atoms with E-state index in [1.165, 1.54) is 26.3 Å². The van der Waals surface area contributed by atoms with Gasteiger partial charge in [0.2, 0.25) is 5.60 Å². The molecular weight excluding hydrogens is 385 g/mol. The van der Waals surface area contributed by atoms with Gasteiger partial charge < -0.3 is 14.7 Å². The number of rotatable bonds is 8. The highest BCUT2D eigenvalue weighted by atomic mass is 32.2. The van der Waals surface area contributed by atoms with Gasteiger partial charge >= 0.3 is 6.18 Å². The molecule has 0 amide bonds. The van der Waals surface area contributed by atoms with Crippen LogP contribution in [-0.4, -0.2) is 63.1 Å². The van der Waals surface area contributed by atoms with Crippen LogP contribution in [0.2, 0.25) is 0 Å². The van der Waals surface area contributed by atoms with E-state index in [4.69, 9.17) is 4.74 Å². The van der Waals surface area contributed by atoms with Crippen molar-refractivity contribution >= 4 is 21.9 Å². The SMILES string of the molecule is CCN(C)C=Nc1cc(OC)c(C(O)(CS(=O)(=O)CC)C(F)(F)F)cc1C. The number of sulfone groups is 1. The topological polar surface area (TPSA) is 79.2 Å². The van der Waals surface area contributed by atoms with Crippen molar-refractivity contribution in [2.45, 2.75) is 32.5 Å². The Bertz CT molecular complexity index is 794. The summed E-state index contributed by atoms with van der Waals surface area (Å²) in [5.74, 6) is -2.31. The fraction of sp³-hybridized carbons (Fsp3) is 0.588. The van der Waals surface area contributed by atoms with Gasteiger partial charge in [0.25, 0.3) is 0 Å². The molecule has 27 heavy (non-hydrogen) atoms. The number of hydrogen-bond acceptors (Lipinski definition) is 5. The number of halogens is 3. The van der Waals surface area contributed by atoms with E-state index in [-0.39, 0.29) is 5.75 Å². The fourth-order valence-electron chi connectivity index (χ4n) is 2.28. The van der Waals surface area contributed by atoms with E-state index in [2.05, 4.69) is 4.99 Å². The lowest BCUT2D eigenvalue weighted by molar-refractivity contribution is -0.257. The Morgan fingerprint density at radius 3 is 2.33 bits per heavy atom. The molecule has 0 fully saturated rings. The van der Waals surface area contributed by atoms with Gasteiger partial charge in [0, 0.05) is 31.0 Å². The zero-order valence-electron chi connectivity index (χ0n) is 16.0. The predicted octanol–water partition coefficient (Wildman–Crippen LogP) is 2.80. The first-order valence-corrected chi connectivity index (χ1v) is 10.1. The largest absolute Gasteiger partial charge is 0.496 e. The summed E-state index contributed by atoms with van der Waals surface area (Å²) in [6.07, 6.45) is -3.71. The van der Waals surface area contributed by atoms with Crippen LogP contribution in [-0.2, 0) is 15.4 Å². The summed E-state index contributed by atoms with van der Waals surface area (Å²) in [6.45, 7) is 5.32. The van der Waals surface area contributed by atoms with Gasteiger partial charge in [-0.1, -0.05) is 6.92 Å². The van der Waals surface area contributed by atoms with Crippen molar-refractivity contribution in [3.63, 3.8) is 0 Å². The monoisotopic (exact) mass is 410 g/mol. The van der Waals surface area contributed by atoms with Crippen molar-refractivity contribution in [2.24, 2.45) is 4.99 Å². The lowest BCUT2D eigenvalue weighted by Crippen LogP contribution is -2.48. The molecule has 0 saturated heterocycles. The number of alkyl halides is 3. The Labute approximate surface area is 157 Å². The number of aryl methyl sites for hydroxylation is 1. The number of methoxy groups -OCH3 is 1. The molecular formula is C17H25F3N2O4S. The van der Waals surface area contributed by atoms with Crippen LogP contribution in [0.5, 0.6) is 5.75 Å². The Hall–Kier alpha value is -1.81. The smallest absolute Gasteiger partial charge is 0.422 e. The van der Waals surface area contributed by atoms with Crippen molar-refractivity contribution < 1.29 is 31.4 Å². The van der Waals surface area contributed by atoms with Crippen LogP contribution >= 0.6 is 0 Å². The van der Waals surface area contributed by atoms with Crippen LogP contribution < -0.4 is 4.74 Å². The highest BCUT2D eigenvalue weighted by molar-refractivity contribution is 7.91. The second kappa shape index (κ2) is 8.47. The Balaban J connectivity index is 3.60. The Kier molecular flexibility index (Phi) is 7.29. The van der Waals surface area contributed by atoms with E-state index in [1.807, 2.05) is 6.92 Å². The van der Waals surface area contributed by atoms with Crippen LogP contribution in [0.25, 0.3) is 0 Å². The van der Waals surface area contributed by atoms with Crippen LogP contribution in [0.3, 0.4) is 0 Å². The van der Waals surface area contributed by atoms with E-state index in [1.54, 1.807) is 11.9 Å². The van der Waals surface area contributed by atoms with Gasteiger partial charge in [-0.15, -0.1) is 0 Å². The molecule has 0 bridgehead atoms. The zero-order chi connectivity index (χ0) is 21.0. The summed E-state index contributed by atoms with van der Waals surface area (Å²) < 4.78 is 69.9. The van der Waals surface area contributed by atoms with Crippen molar-refractivity contribution in [2.75, 3.05) is 32.2 Å². The number of aliphatic imine (C=N–C) groups is 1. The van der Waals surface area contributed by atoms with E-state index in [9.17, 15) is 26.7 Å². The number of hydrogen-bond donors (Lipinski definition) is 1. The van der Waals surface area contributed by atoms with E-state index in [0.717, 1.165) is 13.2 Å². The molecule has 0 aliphatic heterocycles. The van der Waals surface area contributed by atoms with Gasteiger partial charge in [0.05, 0.1) is 24.9 Å². The average Bonchev–Trinajstić information content (AvgIpc) is 2.58. The third kappa shape index (κ3) is 5.35. The minimum Gasteiger partial charge on any atom is -0.496 e. The second-order valence-electron chi connectivity index (χ2n) is 6.19. The van der Waals surface area contributed by atoms with Gasteiger partial charge in [-0.05, 0) is 25.5 Å². The van der Waals surface area contributed by atoms with Crippen molar-refractivity contribution in [3.05, 3.63) is 23.3 Å². The minimum atomic E-state index is -5.22. The molecule has 0 aliphatic rings. The molecule has 0 saturated carbocycles. The maximum Gasteiger partial charge on any atom is 0.422 e. The molecule has 0 aromatic heterocycles. The van der Waals surface area contributed by atoms with Gasteiger partial charge in [0.15, 0.2) is 9.84 Å². The highest BCUT2D eigenvalue weighted by Gasteiger charge is 2.58. The lowest BCUT2D eigenvalue weighted by Gasteiger charge is -2.32. The summed E-state index contributed by atoms with van der Waals surface area (Å²) in [6, 6.07) is 2.32. The third-order valence-corrected chi connectivity index (χ3v) is 5.93. The second-order valence-corrected chi connectivity index (χ2v) is 8.54. The first kappa shape index (κ1) is 23.2. The number of ether oxygens (including phenoxy) is 1. The molecule has 0 heterocycles. The van der Waals surface area contributed by atoms with Crippen LogP contribution in [0.15, 0.2) is 17.1 Å². The lowest BCUT2D eigenvalue weighted by atomic mass is 9.92. The first-order valence-electron chi connectivity index (χ1n) is 8.24. The molecule has 1 aromatic rings. The molecule has 1 N–H and O–H groups in total. The quantitative estimate of drug-likeness (QED) is 0.527. The predicted molar refractivity (Wildman–Crippen MR) is 98.5 cm³/mol. The molecule has 6 nitrogen and oxygen atoms in total. The first-order chi connectivity index (χ1) is 12.3. The number of benzene rings is 1. The number of nitrogens with zero attached hydrogens (tertiary/aromatic N) is 2. The highest BCUT2D eigenvalue weighted by Crippen LogP contribution is 2.45. The molecule has 1 aromatic carbocycles. The van der Waals surface area contributed by atoms with Crippen LogP contribution in [0, 0.1) is 6.92 Å². The molecule has 0 aliphatic carbocycles. The summed E-state index contributed by atoms with van der Waals surface area (Å²) in [4.78, 5) is 5.96. The zero-order valence-corrected chi connectivity index (χ0v) is 16.8. The third-order valence-electron chi connectivity index (χ3n) is 4.19. The molecule has 0 radical (unpaired) electrons. The van der Waals surface area contributed by atoms with Crippen LogP contribution in [0.4, 0.5) is 18.9 Å². The Morgan fingerprint density at radius 1 is 1.30 bits per heavy atom. The summed E-state index contributed by atoms with van der Waals surface area (Å²) in [7, 11) is -1.22. The van der Waals surface area contributed by atoms with Crippen LogP contribution in [0.1, 0.15) is 25.0 Å². The van der Waals surface area contributed by atoms with Crippen molar-refractivity contribution in [3.8, 4) is 5.75 Å². The van der Waals surface area contributed by atoms with E-state index >= 15 is 0 Å². The van der Waals surface area contributed by atoms with Crippen molar-refractivity contribution in [1.29, 1.82) is 0 Å². The van der Waals surface area contributed by atoms with E-state index < -0.39 is 38.7 Å².